The van der Waals surface area contributed by atoms with Crippen LogP contribution < -0.4 is 5.32 Å². The summed E-state index contributed by atoms with van der Waals surface area (Å²) in [6.07, 6.45) is 3.54. The molecule has 4 nitrogen and oxygen atoms in total. The van der Waals surface area contributed by atoms with Crippen LogP contribution in [0.5, 0.6) is 0 Å². The highest BCUT2D eigenvalue weighted by Crippen LogP contribution is 2.21. The summed E-state index contributed by atoms with van der Waals surface area (Å²) >= 11 is 0. The van der Waals surface area contributed by atoms with Crippen LogP contribution in [-0.2, 0) is 14.3 Å². The molecule has 0 aromatic rings. The van der Waals surface area contributed by atoms with Crippen LogP contribution in [0.3, 0.4) is 0 Å². The van der Waals surface area contributed by atoms with E-state index >= 15 is 0 Å². The van der Waals surface area contributed by atoms with Crippen LogP contribution in [0.4, 0.5) is 0 Å². The molecular weight excluding hydrogens is 182 g/mol. The van der Waals surface area contributed by atoms with Crippen LogP contribution in [0.15, 0.2) is 0 Å². The molecule has 1 fully saturated rings. The summed E-state index contributed by atoms with van der Waals surface area (Å²) in [6, 6.07) is 0.0369. The maximum atomic E-state index is 11.2. The summed E-state index contributed by atoms with van der Waals surface area (Å²) < 4.78 is 9.97. The van der Waals surface area contributed by atoms with E-state index in [1.165, 1.54) is 7.11 Å². The maximum absolute atomic E-state index is 11.2. The van der Waals surface area contributed by atoms with Crippen molar-refractivity contribution in [3.63, 3.8) is 0 Å². The first-order valence-corrected chi connectivity index (χ1v) is 5.05. The minimum absolute atomic E-state index is 0.216. The molecule has 3 atom stereocenters. The minimum atomic E-state index is -0.249. The molecule has 0 aliphatic heterocycles. The third-order valence-corrected chi connectivity index (χ3v) is 2.77. The van der Waals surface area contributed by atoms with Crippen molar-refractivity contribution < 1.29 is 14.3 Å². The van der Waals surface area contributed by atoms with Gasteiger partial charge < -0.3 is 9.47 Å². The van der Waals surface area contributed by atoms with Crippen LogP contribution in [0.1, 0.15) is 26.2 Å². The van der Waals surface area contributed by atoms with Gasteiger partial charge in [-0.25, -0.2) is 0 Å². The molecule has 0 spiro atoms. The van der Waals surface area contributed by atoms with Crippen LogP contribution in [0.2, 0.25) is 0 Å². The van der Waals surface area contributed by atoms with E-state index in [-0.39, 0.29) is 24.2 Å². The fraction of sp³-hybridized carbons (Fsp3) is 0.900. The Bertz CT molecular complexity index is 196. The van der Waals surface area contributed by atoms with Crippen molar-refractivity contribution in [2.75, 3.05) is 14.2 Å². The van der Waals surface area contributed by atoms with Gasteiger partial charge in [-0.15, -0.1) is 0 Å². The quantitative estimate of drug-likeness (QED) is 0.680. The SMILES string of the molecule is COC(=O)C(C)NC1CCCC1OC. The zero-order valence-electron chi connectivity index (χ0n) is 9.08. The Morgan fingerprint density at radius 1 is 1.43 bits per heavy atom. The van der Waals surface area contributed by atoms with E-state index in [1.807, 2.05) is 6.92 Å². The molecule has 0 heterocycles. The lowest BCUT2D eigenvalue weighted by Crippen LogP contribution is -2.45. The fourth-order valence-electron chi connectivity index (χ4n) is 1.96. The Morgan fingerprint density at radius 3 is 2.71 bits per heavy atom. The third kappa shape index (κ3) is 2.69. The minimum Gasteiger partial charge on any atom is -0.468 e. The van der Waals surface area contributed by atoms with Gasteiger partial charge in [0.15, 0.2) is 0 Å². The average Bonchev–Trinajstić information content (AvgIpc) is 2.63. The van der Waals surface area contributed by atoms with E-state index in [2.05, 4.69) is 10.1 Å². The summed E-state index contributed by atoms with van der Waals surface area (Å²) in [6.45, 7) is 1.82. The number of ether oxygens (including phenoxy) is 2. The van der Waals surface area contributed by atoms with Crippen molar-refractivity contribution in [3.05, 3.63) is 0 Å². The highest BCUT2D eigenvalue weighted by molar-refractivity contribution is 5.75. The second-order valence-corrected chi connectivity index (χ2v) is 3.72. The number of hydrogen-bond donors (Lipinski definition) is 1. The van der Waals surface area contributed by atoms with E-state index < -0.39 is 0 Å². The topological polar surface area (TPSA) is 47.6 Å². The summed E-state index contributed by atoms with van der Waals surface area (Å²) in [5.41, 5.74) is 0. The van der Waals surface area contributed by atoms with Crippen LogP contribution in [0, 0.1) is 0 Å². The van der Waals surface area contributed by atoms with Crippen molar-refractivity contribution in [2.45, 2.75) is 44.4 Å². The normalized spacial score (nSPS) is 28.8. The highest BCUT2D eigenvalue weighted by Gasteiger charge is 2.29. The molecule has 0 aromatic carbocycles. The van der Waals surface area contributed by atoms with Gasteiger partial charge >= 0.3 is 5.97 Å². The third-order valence-electron chi connectivity index (χ3n) is 2.77. The van der Waals surface area contributed by atoms with E-state index in [9.17, 15) is 4.79 Å². The summed E-state index contributed by atoms with van der Waals surface area (Å²) in [7, 11) is 3.12. The molecule has 1 N–H and O–H groups in total. The lowest BCUT2D eigenvalue weighted by molar-refractivity contribution is -0.143. The predicted molar refractivity (Wildman–Crippen MR) is 53.0 cm³/mol. The van der Waals surface area contributed by atoms with Gasteiger partial charge in [-0.2, -0.15) is 0 Å². The molecule has 3 unspecified atom stereocenters. The number of esters is 1. The molecule has 1 aliphatic rings. The van der Waals surface area contributed by atoms with Crippen molar-refractivity contribution in [1.82, 2.24) is 5.32 Å². The van der Waals surface area contributed by atoms with E-state index in [0.29, 0.717) is 0 Å². The molecular formula is C10H19NO3. The van der Waals surface area contributed by atoms with Gasteiger partial charge in [-0.3, -0.25) is 10.1 Å². The van der Waals surface area contributed by atoms with Crippen LogP contribution >= 0.6 is 0 Å². The molecule has 0 aromatic heterocycles. The summed E-state index contributed by atoms with van der Waals surface area (Å²) in [5.74, 6) is -0.216. The lowest BCUT2D eigenvalue weighted by Gasteiger charge is -2.22. The first-order chi connectivity index (χ1) is 6.69. The standard InChI is InChI=1S/C10H19NO3/c1-7(10(12)14-3)11-8-5-4-6-9(8)13-2/h7-9,11H,4-6H2,1-3H3. The number of rotatable bonds is 4. The lowest BCUT2D eigenvalue weighted by atomic mass is 10.2. The highest BCUT2D eigenvalue weighted by atomic mass is 16.5. The summed E-state index contributed by atoms with van der Waals surface area (Å²) in [5, 5.41) is 3.23. The Labute approximate surface area is 85.0 Å². The first kappa shape index (κ1) is 11.5. The van der Waals surface area contributed by atoms with E-state index in [4.69, 9.17) is 4.74 Å². The molecule has 0 radical (unpaired) electrons. The van der Waals surface area contributed by atoms with Gasteiger partial charge in [0.25, 0.3) is 0 Å². The van der Waals surface area contributed by atoms with Crippen molar-refractivity contribution >= 4 is 5.97 Å². The van der Waals surface area contributed by atoms with Crippen LogP contribution in [-0.4, -0.2) is 38.4 Å². The number of hydrogen-bond acceptors (Lipinski definition) is 4. The molecule has 0 amide bonds. The fourth-order valence-corrected chi connectivity index (χ4v) is 1.96. The monoisotopic (exact) mass is 201 g/mol. The zero-order chi connectivity index (χ0) is 10.6. The van der Waals surface area contributed by atoms with Crippen molar-refractivity contribution in [3.8, 4) is 0 Å². The van der Waals surface area contributed by atoms with Crippen molar-refractivity contribution in [1.29, 1.82) is 0 Å². The first-order valence-electron chi connectivity index (χ1n) is 5.05. The Hall–Kier alpha value is -0.610. The van der Waals surface area contributed by atoms with Gasteiger partial charge in [0.2, 0.25) is 0 Å². The maximum Gasteiger partial charge on any atom is 0.322 e. The number of carbonyl (C=O) groups excluding carboxylic acids is 1. The Balaban J connectivity index is 2.39. The van der Waals surface area contributed by atoms with Gasteiger partial charge in [0.05, 0.1) is 13.2 Å². The number of methoxy groups -OCH3 is 2. The Kier molecular flexibility index (Phi) is 4.35. The van der Waals surface area contributed by atoms with Gasteiger partial charge in [-0.1, -0.05) is 0 Å². The average molecular weight is 201 g/mol. The molecule has 0 bridgehead atoms. The molecule has 1 rings (SSSR count). The molecule has 0 saturated heterocycles. The largest absolute Gasteiger partial charge is 0.468 e. The smallest absolute Gasteiger partial charge is 0.322 e. The summed E-state index contributed by atoms with van der Waals surface area (Å²) in [4.78, 5) is 11.2. The number of nitrogens with one attached hydrogen (secondary N) is 1. The predicted octanol–water partition coefficient (Wildman–Crippen LogP) is 0.705. The molecule has 4 heteroatoms. The molecule has 14 heavy (non-hydrogen) atoms. The van der Waals surface area contributed by atoms with Crippen LogP contribution in [0.25, 0.3) is 0 Å². The van der Waals surface area contributed by atoms with Gasteiger partial charge in [0.1, 0.15) is 6.04 Å². The Morgan fingerprint density at radius 2 is 2.14 bits per heavy atom. The van der Waals surface area contributed by atoms with Gasteiger partial charge in [0, 0.05) is 13.2 Å². The molecule has 82 valence electrons. The molecule has 1 aliphatic carbocycles. The second kappa shape index (κ2) is 5.32. The van der Waals surface area contributed by atoms with E-state index in [0.717, 1.165) is 19.3 Å². The number of carbonyl (C=O) groups is 1. The zero-order valence-corrected chi connectivity index (χ0v) is 9.08. The van der Waals surface area contributed by atoms with E-state index in [1.54, 1.807) is 7.11 Å². The molecule has 1 saturated carbocycles. The second-order valence-electron chi connectivity index (χ2n) is 3.72. The van der Waals surface area contributed by atoms with Crippen molar-refractivity contribution in [2.24, 2.45) is 0 Å². The van der Waals surface area contributed by atoms with Gasteiger partial charge in [-0.05, 0) is 26.2 Å².